The van der Waals surface area contributed by atoms with E-state index < -0.39 is 12.0 Å². The molecule has 0 aromatic carbocycles. The number of unbranched alkanes of at least 4 members (excludes halogenated alkanes) is 4. The minimum absolute atomic E-state index is 0.208. The Balaban J connectivity index is 3.56. The second-order valence-corrected chi connectivity index (χ2v) is 6.61. The number of aliphatic carboxylic acids is 1. The van der Waals surface area contributed by atoms with Crippen molar-refractivity contribution in [2.45, 2.75) is 84.1 Å². The summed E-state index contributed by atoms with van der Waals surface area (Å²) in [7, 11) is 0. The molecule has 27 heavy (non-hydrogen) atoms. The predicted molar refractivity (Wildman–Crippen MR) is 114 cm³/mol. The molecule has 0 heterocycles. The summed E-state index contributed by atoms with van der Waals surface area (Å²) < 4.78 is 0. The van der Waals surface area contributed by atoms with Crippen LogP contribution >= 0.6 is 0 Å². The number of hydrogen-bond acceptors (Lipinski definition) is 2. The maximum atomic E-state index is 11.5. The minimum Gasteiger partial charge on any atom is -0.480 e. The topological polar surface area (TPSA) is 66.4 Å². The van der Waals surface area contributed by atoms with Crippen molar-refractivity contribution < 1.29 is 14.7 Å². The van der Waals surface area contributed by atoms with Gasteiger partial charge in [-0.25, -0.2) is 0 Å². The lowest BCUT2D eigenvalue weighted by atomic mass is 10.2. The molecule has 0 saturated heterocycles. The van der Waals surface area contributed by atoms with Crippen LogP contribution in [0.25, 0.3) is 0 Å². The molecule has 4 nitrogen and oxygen atoms in total. The van der Waals surface area contributed by atoms with Crippen molar-refractivity contribution in [2.75, 3.05) is 0 Å². The van der Waals surface area contributed by atoms with E-state index in [-0.39, 0.29) is 5.91 Å². The molecule has 4 heteroatoms. The summed E-state index contributed by atoms with van der Waals surface area (Å²) in [6, 6.07) is -0.825. The molecule has 0 radical (unpaired) electrons. The van der Waals surface area contributed by atoms with Gasteiger partial charge in [-0.05, 0) is 51.9 Å². The number of carbonyl (C=O) groups excluding carboxylic acids is 1. The van der Waals surface area contributed by atoms with Gasteiger partial charge in [0.2, 0.25) is 5.91 Å². The normalized spacial score (nSPS) is 13.3. The van der Waals surface area contributed by atoms with E-state index in [0.717, 1.165) is 32.1 Å². The third kappa shape index (κ3) is 18.5. The maximum Gasteiger partial charge on any atom is 0.325 e. The van der Waals surface area contributed by atoms with E-state index in [1.165, 1.54) is 32.6 Å². The smallest absolute Gasteiger partial charge is 0.325 e. The van der Waals surface area contributed by atoms with Crippen LogP contribution in [0.2, 0.25) is 0 Å². The number of carbonyl (C=O) groups is 2. The van der Waals surface area contributed by atoms with E-state index in [0.29, 0.717) is 6.42 Å². The highest BCUT2D eigenvalue weighted by Crippen LogP contribution is 2.01. The van der Waals surface area contributed by atoms with Crippen LogP contribution in [0.3, 0.4) is 0 Å². The lowest BCUT2D eigenvalue weighted by Gasteiger charge is -2.08. The predicted octanol–water partition coefficient (Wildman–Crippen LogP) is 5.72. The van der Waals surface area contributed by atoms with E-state index in [9.17, 15) is 9.59 Å². The maximum absolute atomic E-state index is 11.5. The Kier molecular flexibility index (Phi) is 17.2. The fraction of sp³-hybridized carbons (Fsp3) is 0.565. The van der Waals surface area contributed by atoms with Gasteiger partial charge in [-0.3, -0.25) is 9.59 Å². The second-order valence-electron chi connectivity index (χ2n) is 6.61. The van der Waals surface area contributed by atoms with Crippen LogP contribution in [-0.4, -0.2) is 23.0 Å². The number of amides is 1. The molecular formula is C23H37NO3. The zero-order chi connectivity index (χ0) is 20.2. The number of carboxylic acids is 1. The highest BCUT2D eigenvalue weighted by molar-refractivity contribution is 5.83. The Morgan fingerprint density at radius 1 is 0.815 bits per heavy atom. The fourth-order valence-corrected chi connectivity index (χ4v) is 2.32. The highest BCUT2D eigenvalue weighted by Gasteiger charge is 2.12. The molecule has 152 valence electrons. The third-order valence-electron chi connectivity index (χ3n) is 3.98. The van der Waals surface area contributed by atoms with Crippen molar-refractivity contribution in [1.29, 1.82) is 0 Å². The molecule has 0 aliphatic carbocycles. The zero-order valence-electron chi connectivity index (χ0n) is 17.0. The Bertz CT molecular complexity index is 504. The fourth-order valence-electron chi connectivity index (χ4n) is 2.32. The number of allylic oxidation sites excluding steroid dienone is 8. The van der Waals surface area contributed by atoms with Gasteiger partial charge in [-0.2, -0.15) is 0 Å². The molecule has 0 aromatic rings. The summed E-state index contributed by atoms with van der Waals surface area (Å²) in [6.07, 6.45) is 27.2. The zero-order valence-corrected chi connectivity index (χ0v) is 17.0. The molecule has 0 aliphatic rings. The molecule has 0 saturated carbocycles. The van der Waals surface area contributed by atoms with Crippen molar-refractivity contribution >= 4 is 11.9 Å². The van der Waals surface area contributed by atoms with Crippen LogP contribution in [0.5, 0.6) is 0 Å². The molecule has 0 aromatic heterocycles. The van der Waals surface area contributed by atoms with Gasteiger partial charge in [0.1, 0.15) is 6.04 Å². The summed E-state index contributed by atoms with van der Waals surface area (Å²) in [5, 5.41) is 11.2. The molecule has 0 spiro atoms. The third-order valence-corrected chi connectivity index (χ3v) is 3.98. The quantitative estimate of drug-likeness (QED) is 0.268. The van der Waals surface area contributed by atoms with Gasteiger partial charge in [-0.15, -0.1) is 0 Å². The van der Waals surface area contributed by atoms with Crippen LogP contribution in [-0.2, 0) is 9.59 Å². The first-order chi connectivity index (χ1) is 13.1. The summed E-state index contributed by atoms with van der Waals surface area (Å²) in [5.41, 5.74) is 0. The lowest BCUT2D eigenvalue weighted by Crippen LogP contribution is -2.38. The SMILES string of the molecule is CCCCC/C=C\C/C=C\C/C=C\C/C=C\CCCC(=O)NC(C)C(=O)O. The van der Waals surface area contributed by atoms with Crippen molar-refractivity contribution in [3.05, 3.63) is 48.6 Å². The minimum atomic E-state index is -1.01. The molecule has 1 unspecified atom stereocenters. The van der Waals surface area contributed by atoms with E-state index in [4.69, 9.17) is 5.11 Å². The monoisotopic (exact) mass is 375 g/mol. The molecule has 1 atom stereocenters. The Morgan fingerprint density at radius 2 is 1.30 bits per heavy atom. The van der Waals surface area contributed by atoms with Crippen molar-refractivity contribution in [3.8, 4) is 0 Å². The molecular weight excluding hydrogens is 338 g/mol. The van der Waals surface area contributed by atoms with Gasteiger partial charge < -0.3 is 10.4 Å². The first-order valence-electron chi connectivity index (χ1n) is 10.2. The standard InChI is InChI=1S/C23H37NO3/c1-3-4-5-6-7-8-9-10-11-12-13-14-15-16-17-18-19-20-22(25)24-21(2)23(26)27/h7-8,10-11,13-14,16-17,21H,3-6,9,12,15,18-20H2,1-2H3,(H,24,25)(H,26,27)/b8-7-,11-10-,14-13-,17-16-. The van der Waals surface area contributed by atoms with Gasteiger partial charge in [0, 0.05) is 6.42 Å². The van der Waals surface area contributed by atoms with Gasteiger partial charge in [0.15, 0.2) is 0 Å². The van der Waals surface area contributed by atoms with E-state index in [2.05, 4.69) is 60.8 Å². The molecule has 0 fully saturated rings. The number of rotatable bonds is 16. The summed E-state index contributed by atoms with van der Waals surface area (Å²) >= 11 is 0. The van der Waals surface area contributed by atoms with Crippen molar-refractivity contribution in [1.82, 2.24) is 5.32 Å². The first-order valence-corrected chi connectivity index (χ1v) is 10.2. The van der Waals surface area contributed by atoms with Gasteiger partial charge in [0.25, 0.3) is 0 Å². The highest BCUT2D eigenvalue weighted by atomic mass is 16.4. The molecule has 1 amide bonds. The molecule has 0 bridgehead atoms. The Labute approximate surface area is 165 Å². The van der Waals surface area contributed by atoms with E-state index in [1.807, 2.05) is 0 Å². The summed E-state index contributed by atoms with van der Waals surface area (Å²) in [6.45, 7) is 3.69. The van der Waals surface area contributed by atoms with Crippen LogP contribution in [0.4, 0.5) is 0 Å². The Hall–Kier alpha value is -2.10. The summed E-state index contributed by atoms with van der Waals surface area (Å²) in [5.74, 6) is -1.22. The first kappa shape index (κ1) is 24.9. The van der Waals surface area contributed by atoms with Crippen LogP contribution < -0.4 is 5.32 Å². The average Bonchev–Trinajstić information content (AvgIpc) is 2.64. The van der Waals surface area contributed by atoms with Gasteiger partial charge >= 0.3 is 5.97 Å². The number of hydrogen-bond donors (Lipinski definition) is 2. The van der Waals surface area contributed by atoms with Crippen molar-refractivity contribution in [3.63, 3.8) is 0 Å². The second kappa shape index (κ2) is 18.7. The molecule has 0 rings (SSSR count). The number of carboxylic acid groups (broad SMARTS) is 1. The van der Waals surface area contributed by atoms with Crippen LogP contribution in [0.1, 0.15) is 78.1 Å². The van der Waals surface area contributed by atoms with Crippen LogP contribution in [0, 0.1) is 0 Å². The number of nitrogens with one attached hydrogen (secondary N) is 1. The lowest BCUT2D eigenvalue weighted by molar-refractivity contribution is -0.141. The van der Waals surface area contributed by atoms with E-state index in [1.54, 1.807) is 0 Å². The molecule has 2 N–H and O–H groups in total. The van der Waals surface area contributed by atoms with Gasteiger partial charge in [0.05, 0.1) is 0 Å². The summed E-state index contributed by atoms with van der Waals surface area (Å²) in [4.78, 5) is 22.1. The Morgan fingerprint density at radius 3 is 1.78 bits per heavy atom. The van der Waals surface area contributed by atoms with Gasteiger partial charge in [-0.1, -0.05) is 68.4 Å². The van der Waals surface area contributed by atoms with E-state index >= 15 is 0 Å². The average molecular weight is 376 g/mol. The van der Waals surface area contributed by atoms with Crippen molar-refractivity contribution in [2.24, 2.45) is 0 Å². The van der Waals surface area contributed by atoms with Crippen LogP contribution in [0.15, 0.2) is 48.6 Å². The molecule has 0 aliphatic heterocycles. The largest absolute Gasteiger partial charge is 0.480 e.